The lowest BCUT2D eigenvalue weighted by Crippen LogP contribution is -2.30. The zero-order valence-corrected chi connectivity index (χ0v) is 21.5. The van der Waals surface area contributed by atoms with Crippen molar-refractivity contribution in [3.8, 4) is 5.75 Å². The first-order valence-electron chi connectivity index (χ1n) is 10.7. The number of carbonyl (C=O) groups excluding carboxylic acids is 2. The van der Waals surface area contributed by atoms with E-state index in [0.717, 1.165) is 17.5 Å². The lowest BCUT2D eigenvalue weighted by Gasteiger charge is -2.14. The van der Waals surface area contributed by atoms with Crippen LogP contribution in [0.5, 0.6) is 5.75 Å². The van der Waals surface area contributed by atoms with Crippen molar-refractivity contribution in [2.75, 3.05) is 18.5 Å². The van der Waals surface area contributed by atoms with Crippen LogP contribution in [0.4, 0.5) is 5.69 Å². The highest BCUT2D eigenvalue weighted by atomic mass is 35.5. The van der Waals surface area contributed by atoms with E-state index in [-0.39, 0.29) is 18.4 Å². The molecule has 0 aliphatic carbocycles. The van der Waals surface area contributed by atoms with Crippen molar-refractivity contribution in [3.05, 3.63) is 98.9 Å². The van der Waals surface area contributed by atoms with Crippen molar-refractivity contribution in [2.45, 2.75) is 6.42 Å². The monoisotopic (exact) mass is 542 g/mol. The maximum Gasteiger partial charge on any atom is 0.266 e. The van der Waals surface area contributed by atoms with Gasteiger partial charge < -0.3 is 10.1 Å². The number of amides is 2. The van der Waals surface area contributed by atoms with Gasteiger partial charge in [-0.25, -0.2) is 0 Å². The molecule has 1 aliphatic rings. The molecule has 0 saturated carbocycles. The normalized spacial score (nSPS) is 14.5. The molecule has 0 aromatic heterocycles. The van der Waals surface area contributed by atoms with Gasteiger partial charge in [-0.3, -0.25) is 14.5 Å². The van der Waals surface area contributed by atoms with E-state index < -0.39 is 0 Å². The smallest absolute Gasteiger partial charge is 0.266 e. The van der Waals surface area contributed by atoms with Gasteiger partial charge in [-0.05, 0) is 54.0 Å². The number of nitrogens with zero attached hydrogens (tertiary/aromatic N) is 1. The van der Waals surface area contributed by atoms with Crippen LogP contribution in [0.2, 0.25) is 10.0 Å². The highest BCUT2D eigenvalue weighted by Crippen LogP contribution is 2.33. The fourth-order valence-electron chi connectivity index (χ4n) is 3.34. The number of thioether (sulfide) groups is 1. The second kappa shape index (κ2) is 11.7. The second-order valence-corrected chi connectivity index (χ2v) is 10.1. The number of hydrogen-bond acceptors (Lipinski definition) is 5. The molecule has 1 saturated heterocycles. The predicted molar refractivity (Wildman–Crippen MR) is 147 cm³/mol. The number of thiocarbonyl (C=S) groups is 1. The SMILES string of the molecule is O=C(COc1cccc(/C=C2\SC(=S)N(CCc3ccccc3)C2=O)c1)Nc1ccc(Cl)c(Cl)c1. The van der Waals surface area contributed by atoms with Crippen molar-refractivity contribution in [2.24, 2.45) is 0 Å². The van der Waals surface area contributed by atoms with E-state index >= 15 is 0 Å². The van der Waals surface area contributed by atoms with E-state index in [1.165, 1.54) is 11.8 Å². The first-order valence-corrected chi connectivity index (χ1v) is 12.6. The third-order valence-corrected chi connectivity index (χ3v) is 7.19. The Morgan fingerprint density at radius 2 is 1.83 bits per heavy atom. The topological polar surface area (TPSA) is 58.6 Å². The van der Waals surface area contributed by atoms with Gasteiger partial charge in [-0.1, -0.05) is 89.6 Å². The van der Waals surface area contributed by atoms with Gasteiger partial charge in [0.05, 0.1) is 15.0 Å². The van der Waals surface area contributed by atoms with E-state index in [1.54, 1.807) is 47.4 Å². The second-order valence-electron chi connectivity index (χ2n) is 7.61. The van der Waals surface area contributed by atoms with Crippen LogP contribution in [0, 0.1) is 0 Å². The third kappa shape index (κ3) is 6.86. The Morgan fingerprint density at radius 1 is 1.03 bits per heavy atom. The number of rotatable bonds is 8. The quantitative estimate of drug-likeness (QED) is 0.261. The first-order chi connectivity index (χ1) is 16.9. The summed E-state index contributed by atoms with van der Waals surface area (Å²) in [4.78, 5) is 27.3. The van der Waals surface area contributed by atoms with Gasteiger partial charge in [-0.2, -0.15) is 0 Å². The molecule has 35 heavy (non-hydrogen) atoms. The van der Waals surface area contributed by atoms with Crippen LogP contribution in [0.15, 0.2) is 77.7 Å². The maximum atomic E-state index is 12.9. The Hall–Kier alpha value is -2.84. The first kappa shape index (κ1) is 25.3. The molecule has 5 nitrogen and oxygen atoms in total. The lowest BCUT2D eigenvalue weighted by atomic mass is 10.1. The van der Waals surface area contributed by atoms with Crippen LogP contribution in [0.3, 0.4) is 0 Å². The molecule has 9 heteroatoms. The average molecular weight is 543 g/mol. The molecular formula is C26H20Cl2N2O3S2. The molecule has 4 rings (SSSR count). The average Bonchev–Trinajstić information content (AvgIpc) is 3.11. The summed E-state index contributed by atoms with van der Waals surface area (Å²) in [6.07, 6.45) is 2.51. The minimum atomic E-state index is -0.340. The lowest BCUT2D eigenvalue weighted by molar-refractivity contribution is -0.122. The van der Waals surface area contributed by atoms with Crippen LogP contribution < -0.4 is 10.1 Å². The minimum absolute atomic E-state index is 0.108. The van der Waals surface area contributed by atoms with Gasteiger partial charge in [0.1, 0.15) is 10.1 Å². The molecular weight excluding hydrogens is 523 g/mol. The zero-order chi connectivity index (χ0) is 24.8. The summed E-state index contributed by atoms with van der Waals surface area (Å²) in [6, 6.07) is 22.0. The van der Waals surface area contributed by atoms with Crippen molar-refractivity contribution in [1.29, 1.82) is 0 Å². The zero-order valence-electron chi connectivity index (χ0n) is 18.4. The molecule has 178 valence electrons. The Kier molecular flexibility index (Phi) is 8.46. The highest BCUT2D eigenvalue weighted by Gasteiger charge is 2.31. The number of carbonyl (C=O) groups is 2. The molecule has 1 heterocycles. The summed E-state index contributed by atoms with van der Waals surface area (Å²) in [5.74, 6) is 0.0546. The van der Waals surface area contributed by atoms with Crippen LogP contribution in [0.1, 0.15) is 11.1 Å². The summed E-state index contributed by atoms with van der Waals surface area (Å²) in [5.41, 5.74) is 2.45. The molecule has 0 radical (unpaired) electrons. The third-order valence-electron chi connectivity index (χ3n) is 5.07. The van der Waals surface area contributed by atoms with Crippen LogP contribution in [-0.2, 0) is 16.0 Å². The molecule has 0 unspecified atom stereocenters. The molecule has 1 N–H and O–H groups in total. The Balaban J connectivity index is 1.35. The van der Waals surface area contributed by atoms with E-state index in [1.807, 2.05) is 36.4 Å². The van der Waals surface area contributed by atoms with E-state index in [9.17, 15) is 9.59 Å². The molecule has 2 amide bonds. The van der Waals surface area contributed by atoms with Gasteiger partial charge in [0.25, 0.3) is 11.8 Å². The molecule has 0 spiro atoms. The highest BCUT2D eigenvalue weighted by molar-refractivity contribution is 8.26. The molecule has 3 aromatic rings. The van der Waals surface area contributed by atoms with E-state index in [4.69, 9.17) is 40.2 Å². The number of halogens is 2. The fraction of sp³-hybridized carbons (Fsp3) is 0.115. The number of ether oxygens (including phenoxy) is 1. The van der Waals surface area contributed by atoms with Crippen LogP contribution >= 0.6 is 47.2 Å². The Morgan fingerprint density at radius 3 is 2.60 bits per heavy atom. The largest absolute Gasteiger partial charge is 0.484 e. The minimum Gasteiger partial charge on any atom is -0.484 e. The summed E-state index contributed by atoms with van der Waals surface area (Å²) >= 11 is 18.6. The summed E-state index contributed by atoms with van der Waals surface area (Å²) in [7, 11) is 0. The van der Waals surface area contributed by atoms with Crippen molar-refractivity contribution >= 4 is 75.1 Å². The van der Waals surface area contributed by atoms with Crippen molar-refractivity contribution in [1.82, 2.24) is 4.90 Å². The standard InChI is InChI=1S/C26H20Cl2N2O3S2/c27-21-10-9-19(15-22(21)28)29-24(31)16-33-20-8-4-7-18(13-20)14-23-25(32)30(26(34)35-23)12-11-17-5-2-1-3-6-17/h1-10,13-15H,11-12,16H2,(H,29,31)/b23-14-. The molecule has 1 fully saturated rings. The van der Waals surface area contributed by atoms with Crippen molar-refractivity contribution in [3.63, 3.8) is 0 Å². The van der Waals surface area contributed by atoms with Gasteiger partial charge >= 0.3 is 0 Å². The van der Waals surface area contributed by atoms with Gasteiger partial charge in [0.2, 0.25) is 0 Å². The van der Waals surface area contributed by atoms with E-state index in [0.29, 0.717) is 37.3 Å². The van der Waals surface area contributed by atoms with Crippen LogP contribution in [0.25, 0.3) is 6.08 Å². The molecule has 0 bridgehead atoms. The fourth-order valence-corrected chi connectivity index (χ4v) is 4.95. The van der Waals surface area contributed by atoms with Gasteiger partial charge in [0, 0.05) is 12.2 Å². The number of nitrogens with one attached hydrogen (secondary N) is 1. The van der Waals surface area contributed by atoms with Crippen molar-refractivity contribution < 1.29 is 14.3 Å². The summed E-state index contributed by atoms with van der Waals surface area (Å²) in [6.45, 7) is 0.342. The number of benzene rings is 3. The Labute approximate surface area is 223 Å². The summed E-state index contributed by atoms with van der Waals surface area (Å²) in [5, 5.41) is 3.46. The maximum absolute atomic E-state index is 12.9. The van der Waals surface area contributed by atoms with Gasteiger partial charge in [-0.15, -0.1) is 0 Å². The molecule has 1 aliphatic heterocycles. The number of anilines is 1. The Bertz CT molecular complexity index is 1300. The van der Waals surface area contributed by atoms with Gasteiger partial charge in [0.15, 0.2) is 6.61 Å². The number of hydrogen-bond donors (Lipinski definition) is 1. The molecule has 3 aromatic carbocycles. The molecule has 0 atom stereocenters. The van der Waals surface area contributed by atoms with E-state index in [2.05, 4.69) is 5.32 Å². The summed E-state index contributed by atoms with van der Waals surface area (Å²) < 4.78 is 6.17. The predicted octanol–water partition coefficient (Wildman–Crippen LogP) is 6.45. The van der Waals surface area contributed by atoms with Crippen LogP contribution in [-0.4, -0.2) is 34.2 Å².